The minimum absolute atomic E-state index is 0.0451. The number of esters is 1. The Morgan fingerprint density at radius 2 is 2.16 bits per heavy atom. The van der Waals surface area contributed by atoms with Crippen LogP contribution in [0, 0.1) is 18.7 Å². The fraction of sp³-hybridized carbons (Fsp3) is 0.421. The van der Waals surface area contributed by atoms with Crippen LogP contribution in [0.1, 0.15) is 35.3 Å². The van der Waals surface area contributed by atoms with E-state index in [4.69, 9.17) is 4.74 Å². The number of benzene rings is 1. The first-order chi connectivity index (χ1) is 12.0. The van der Waals surface area contributed by atoms with Gasteiger partial charge in [0.25, 0.3) is 0 Å². The molecule has 1 amide bonds. The SMILES string of the molecule is Cc1cc(C(=O)OC[C@@H]2CC(=O)N(C3CC3)C2)c2ccc(F)cc2n1. The Morgan fingerprint density at radius 1 is 1.36 bits per heavy atom. The van der Waals surface area contributed by atoms with E-state index in [-0.39, 0.29) is 18.4 Å². The number of nitrogens with zero attached hydrogens (tertiary/aromatic N) is 2. The largest absolute Gasteiger partial charge is 0.462 e. The molecule has 0 radical (unpaired) electrons. The number of ether oxygens (including phenoxy) is 1. The number of carbonyl (C=O) groups is 2. The maximum atomic E-state index is 13.4. The van der Waals surface area contributed by atoms with Crippen molar-refractivity contribution in [2.45, 2.75) is 32.2 Å². The lowest BCUT2D eigenvalue weighted by Crippen LogP contribution is -2.28. The molecule has 0 spiro atoms. The van der Waals surface area contributed by atoms with E-state index in [9.17, 15) is 14.0 Å². The number of carbonyl (C=O) groups excluding carboxylic acids is 2. The summed E-state index contributed by atoms with van der Waals surface area (Å²) in [6.07, 6.45) is 2.60. The minimum atomic E-state index is -0.459. The monoisotopic (exact) mass is 342 g/mol. The number of hydrogen-bond donors (Lipinski definition) is 0. The number of fused-ring (bicyclic) bond motifs is 1. The van der Waals surface area contributed by atoms with Gasteiger partial charge in [0.1, 0.15) is 5.82 Å². The van der Waals surface area contributed by atoms with Gasteiger partial charge in [0.2, 0.25) is 5.91 Å². The molecule has 0 N–H and O–H groups in total. The van der Waals surface area contributed by atoms with Crippen molar-refractivity contribution in [3.05, 3.63) is 41.3 Å². The smallest absolute Gasteiger partial charge is 0.338 e. The third kappa shape index (κ3) is 3.21. The summed E-state index contributed by atoms with van der Waals surface area (Å²) in [4.78, 5) is 30.7. The zero-order valence-electron chi connectivity index (χ0n) is 14.0. The van der Waals surface area contributed by atoms with Crippen molar-refractivity contribution in [1.82, 2.24) is 9.88 Å². The molecule has 1 aromatic heterocycles. The van der Waals surface area contributed by atoms with E-state index in [0.29, 0.717) is 41.2 Å². The van der Waals surface area contributed by atoms with Crippen molar-refractivity contribution in [2.24, 2.45) is 5.92 Å². The maximum absolute atomic E-state index is 13.4. The Kier molecular flexibility index (Phi) is 3.90. The molecule has 5 nitrogen and oxygen atoms in total. The number of aryl methyl sites for hydroxylation is 1. The zero-order chi connectivity index (χ0) is 17.6. The molecule has 1 atom stereocenters. The van der Waals surface area contributed by atoms with E-state index in [1.165, 1.54) is 12.1 Å². The number of likely N-dealkylation sites (tertiary alicyclic amines) is 1. The van der Waals surface area contributed by atoms with Gasteiger partial charge in [0.15, 0.2) is 0 Å². The highest BCUT2D eigenvalue weighted by molar-refractivity contribution is 6.03. The highest BCUT2D eigenvalue weighted by Gasteiger charge is 2.39. The lowest BCUT2D eigenvalue weighted by atomic mass is 10.1. The van der Waals surface area contributed by atoms with Crippen molar-refractivity contribution in [3.63, 3.8) is 0 Å². The topological polar surface area (TPSA) is 59.5 Å². The van der Waals surface area contributed by atoms with Crippen molar-refractivity contribution >= 4 is 22.8 Å². The Labute approximate surface area is 144 Å². The number of rotatable bonds is 4. The van der Waals surface area contributed by atoms with Gasteiger partial charge in [0.05, 0.1) is 17.7 Å². The molecule has 2 aromatic rings. The van der Waals surface area contributed by atoms with Gasteiger partial charge in [-0.15, -0.1) is 0 Å². The minimum Gasteiger partial charge on any atom is -0.462 e. The Bertz CT molecular complexity index is 858. The van der Waals surface area contributed by atoms with Gasteiger partial charge in [-0.3, -0.25) is 9.78 Å². The van der Waals surface area contributed by atoms with E-state index in [0.717, 1.165) is 12.8 Å². The molecule has 0 bridgehead atoms. The van der Waals surface area contributed by atoms with E-state index in [1.54, 1.807) is 19.1 Å². The van der Waals surface area contributed by atoms with Crippen molar-refractivity contribution in [1.29, 1.82) is 0 Å². The predicted molar refractivity (Wildman–Crippen MR) is 89.6 cm³/mol. The molecule has 1 aliphatic carbocycles. The molecular weight excluding hydrogens is 323 g/mol. The lowest BCUT2D eigenvalue weighted by molar-refractivity contribution is -0.128. The van der Waals surface area contributed by atoms with Gasteiger partial charge in [-0.1, -0.05) is 0 Å². The summed E-state index contributed by atoms with van der Waals surface area (Å²) in [6.45, 7) is 2.64. The predicted octanol–water partition coefficient (Wildman–Crippen LogP) is 2.85. The van der Waals surface area contributed by atoms with Gasteiger partial charge in [-0.05, 0) is 38.0 Å². The Morgan fingerprint density at radius 3 is 2.92 bits per heavy atom. The highest BCUT2D eigenvalue weighted by atomic mass is 19.1. The number of halogens is 1. The van der Waals surface area contributed by atoms with Crippen molar-refractivity contribution < 1.29 is 18.7 Å². The average molecular weight is 342 g/mol. The lowest BCUT2D eigenvalue weighted by Gasteiger charge is -2.15. The number of amides is 1. The van der Waals surface area contributed by atoms with Crippen LogP contribution in [0.2, 0.25) is 0 Å². The summed E-state index contributed by atoms with van der Waals surface area (Å²) in [5.41, 5.74) is 1.44. The highest BCUT2D eigenvalue weighted by Crippen LogP contribution is 2.32. The molecule has 1 aromatic carbocycles. The van der Waals surface area contributed by atoms with Crippen LogP contribution in [0.15, 0.2) is 24.3 Å². The summed E-state index contributed by atoms with van der Waals surface area (Å²) in [5, 5.41) is 0.569. The second-order valence-electron chi connectivity index (χ2n) is 6.92. The van der Waals surface area contributed by atoms with Crippen LogP contribution < -0.4 is 0 Å². The van der Waals surface area contributed by atoms with E-state index < -0.39 is 11.8 Å². The maximum Gasteiger partial charge on any atom is 0.338 e. The molecule has 25 heavy (non-hydrogen) atoms. The van der Waals surface area contributed by atoms with Crippen molar-refractivity contribution in [3.8, 4) is 0 Å². The van der Waals surface area contributed by atoms with Crippen LogP contribution in [0.3, 0.4) is 0 Å². The standard InChI is InChI=1S/C19H19FN2O3/c1-11-6-16(15-5-2-13(20)8-17(15)21-11)19(24)25-10-12-7-18(23)22(9-12)14-3-4-14/h2,5-6,8,12,14H,3-4,7,9-10H2,1H3/t12-/m1/s1. The fourth-order valence-corrected chi connectivity index (χ4v) is 3.43. The summed E-state index contributed by atoms with van der Waals surface area (Å²) < 4.78 is 18.9. The molecular formula is C19H19FN2O3. The Balaban J connectivity index is 1.48. The van der Waals surface area contributed by atoms with Crippen LogP contribution in [0.5, 0.6) is 0 Å². The van der Waals surface area contributed by atoms with E-state index >= 15 is 0 Å². The quantitative estimate of drug-likeness (QED) is 0.802. The van der Waals surface area contributed by atoms with Gasteiger partial charge in [0, 0.05) is 42.1 Å². The fourth-order valence-electron chi connectivity index (χ4n) is 3.43. The number of hydrogen-bond acceptors (Lipinski definition) is 4. The van der Waals surface area contributed by atoms with Gasteiger partial charge < -0.3 is 9.64 Å². The van der Waals surface area contributed by atoms with Crippen LogP contribution in [-0.4, -0.2) is 41.0 Å². The van der Waals surface area contributed by atoms with Crippen LogP contribution in [0.25, 0.3) is 10.9 Å². The number of pyridine rings is 1. The molecule has 0 unspecified atom stereocenters. The van der Waals surface area contributed by atoms with E-state index in [2.05, 4.69) is 4.98 Å². The second kappa shape index (κ2) is 6.10. The van der Waals surface area contributed by atoms with Gasteiger partial charge in [-0.2, -0.15) is 0 Å². The normalized spacial score (nSPS) is 20.3. The van der Waals surface area contributed by atoms with Crippen molar-refractivity contribution in [2.75, 3.05) is 13.2 Å². The second-order valence-corrected chi connectivity index (χ2v) is 6.92. The van der Waals surface area contributed by atoms with Gasteiger partial charge >= 0.3 is 5.97 Å². The third-order valence-corrected chi connectivity index (χ3v) is 4.80. The molecule has 1 saturated carbocycles. The molecule has 6 heteroatoms. The van der Waals surface area contributed by atoms with Gasteiger partial charge in [-0.25, -0.2) is 9.18 Å². The molecule has 4 rings (SSSR count). The first kappa shape index (κ1) is 16.0. The zero-order valence-corrected chi connectivity index (χ0v) is 14.0. The summed E-state index contributed by atoms with van der Waals surface area (Å²) in [6, 6.07) is 6.21. The van der Waals surface area contributed by atoms with E-state index in [1.807, 2.05) is 4.90 Å². The molecule has 2 aliphatic rings. The molecule has 2 heterocycles. The van der Waals surface area contributed by atoms with Crippen LogP contribution in [-0.2, 0) is 9.53 Å². The summed E-state index contributed by atoms with van der Waals surface area (Å²) >= 11 is 0. The first-order valence-electron chi connectivity index (χ1n) is 8.55. The molecule has 1 saturated heterocycles. The number of aromatic nitrogens is 1. The van der Waals surface area contributed by atoms with Crippen LogP contribution >= 0.6 is 0 Å². The van der Waals surface area contributed by atoms with Crippen LogP contribution in [0.4, 0.5) is 4.39 Å². The first-order valence-corrected chi connectivity index (χ1v) is 8.55. The summed E-state index contributed by atoms with van der Waals surface area (Å²) in [7, 11) is 0. The molecule has 2 fully saturated rings. The molecule has 130 valence electrons. The molecule has 1 aliphatic heterocycles. The third-order valence-electron chi connectivity index (χ3n) is 4.80. The Hall–Kier alpha value is -2.50. The average Bonchev–Trinajstić information content (AvgIpc) is 3.34. The summed E-state index contributed by atoms with van der Waals surface area (Å²) in [5.74, 6) is -0.651.